The fourth-order valence-corrected chi connectivity index (χ4v) is 4.18. The molecular weight excluding hydrogens is 464 g/mol. The first-order valence-electron chi connectivity index (χ1n) is 11.0. The Kier molecular flexibility index (Phi) is 6.62. The van der Waals surface area contributed by atoms with Crippen LogP contribution in [0.3, 0.4) is 0 Å². The summed E-state index contributed by atoms with van der Waals surface area (Å²) in [5, 5.41) is 6.71. The third-order valence-electron chi connectivity index (χ3n) is 5.86. The van der Waals surface area contributed by atoms with Gasteiger partial charge in [-0.25, -0.2) is 4.68 Å². The van der Waals surface area contributed by atoms with Crippen molar-refractivity contribution in [1.82, 2.24) is 4.68 Å². The van der Waals surface area contributed by atoms with E-state index in [0.29, 0.717) is 27.3 Å². The Hall–Kier alpha value is -4.10. The molecule has 0 aliphatic heterocycles. The number of carbonyl (C=O) groups is 3. The average molecular weight is 489 g/mol. The number of halogens is 1. The van der Waals surface area contributed by atoms with Crippen LogP contribution in [0.15, 0.2) is 60.7 Å². The minimum absolute atomic E-state index is 0.151. The van der Waals surface area contributed by atoms with Crippen LogP contribution >= 0.6 is 11.6 Å². The van der Waals surface area contributed by atoms with Crippen LogP contribution in [0.2, 0.25) is 5.02 Å². The second kappa shape index (κ2) is 9.64. The highest BCUT2D eigenvalue weighted by atomic mass is 35.5. The highest BCUT2D eigenvalue weighted by Gasteiger charge is 2.22. The number of hydrogen-bond donors (Lipinski definition) is 3. The van der Waals surface area contributed by atoms with E-state index in [2.05, 4.69) is 16.1 Å². The quantitative estimate of drug-likeness (QED) is 0.332. The number of nitrogens with zero attached hydrogens (tertiary/aromatic N) is 1. The predicted octanol–water partition coefficient (Wildman–Crippen LogP) is 5.49. The maximum absolute atomic E-state index is 13.3. The summed E-state index contributed by atoms with van der Waals surface area (Å²) in [6, 6.07) is 17.9. The van der Waals surface area contributed by atoms with E-state index in [1.54, 1.807) is 24.3 Å². The number of fused-ring (bicyclic) bond motifs is 1. The molecule has 3 amide bonds. The number of nitrogens with one attached hydrogen (secondary N) is 3. The van der Waals surface area contributed by atoms with Gasteiger partial charge in [0.05, 0.1) is 5.52 Å². The van der Waals surface area contributed by atoms with Crippen molar-refractivity contribution in [3.8, 4) is 0 Å². The molecule has 35 heavy (non-hydrogen) atoms. The lowest BCUT2D eigenvalue weighted by Gasteiger charge is -2.15. The van der Waals surface area contributed by atoms with Crippen molar-refractivity contribution in [3.05, 3.63) is 93.6 Å². The predicted molar refractivity (Wildman–Crippen MR) is 140 cm³/mol. The molecule has 3 aromatic carbocycles. The van der Waals surface area contributed by atoms with Crippen molar-refractivity contribution < 1.29 is 14.4 Å². The van der Waals surface area contributed by atoms with Crippen molar-refractivity contribution >= 4 is 51.6 Å². The molecule has 0 aliphatic carbocycles. The number of amides is 3. The smallest absolute Gasteiger partial charge is 0.320 e. The number of hydrogen-bond acceptors (Lipinski definition) is 3. The lowest BCUT2D eigenvalue weighted by molar-refractivity contribution is -0.133. The summed E-state index contributed by atoms with van der Waals surface area (Å²) in [5.74, 6) is -2.20. The van der Waals surface area contributed by atoms with Gasteiger partial charge < -0.3 is 10.6 Å². The lowest BCUT2D eigenvalue weighted by Crippen LogP contribution is -2.36. The summed E-state index contributed by atoms with van der Waals surface area (Å²) >= 11 is 6.15. The number of para-hydroxylation sites is 2. The van der Waals surface area contributed by atoms with E-state index >= 15 is 0 Å². The average Bonchev–Trinajstić information content (AvgIpc) is 3.16. The topological polar surface area (TPSA) is 92.2 Å². The molecule has 0 fully saturated rings. The van der Waals surface area contributed by atoms with Crippen molar-refractivity contribution in [2.24, 2.45) is 0 Å². The summed E-state index contributed by atoms with van der Waals surface area (Å²) < 4.78 is 1.31. The van der Waals surface area contributed by atoms with E-state index in [9.17, 15) is 14.4 Å². The van der Waals surface area contributed by atoms with Crippen molar-refractivity contribution in [1.29, 1.82) is 0 Å². The van der Waals surface area contributed by atoms with Gasteiger partial charge in [0.1, 0.15) is 5.69 Å². The standard InChI is InChI=1S/C27H25ClN4O3/c1-15-7-5-8-16(2)23(15)29-25(33)22-14-19-13-20(28)11-12-21(19)32(22)31-27(35)26(34)30-24-17(3)9-6-10-18(24)4/h5-14H,1-4H3,(H,29,33)(H,30,34)(H,31,35). The van der Waals surface area contributed by atoms with Crippen LogP contribution in [-0.2, 0) is 9.59 Å². The van der Waals surface area contributed by atoms with Gasteiger partial charge in [-0.1, -0.05) is 48.0 Å². The zero-order chi connectivity index (χ0) is 25.3. The highest BCUT2D eigenvalue weighted by Crippen LogP contribution is 2.25. The third kappa shape index (κ3) is 4.90. The van der Waals surface area contributed by atoms with Gasteiger partial charge in [0.25, 0.3) is 5.91 Å². The Morgan fingerprint density at radius 1 is 0.714 bits per heavy atom. The molecule has 4 rings (SSSR count). The maximum Gasteiger partial charge on any atom is 0.328 e. The summed E-state index contributed by atoms with van der Waals surface area (Å²) in [5.41, 5.74) is 7.98. The zero-order valence-corrected chi connectivity index (χ0v) is 20.6. The van der Waals surface area contributed by atoms with E-state index in [1.807, 2.05) is 64.1 Å². The lowest BCUT2D eigenvalue weighted by atomic mass is 10.1. The molecule has 0 atom stereocenters. The Balaban J connectivity index is 1.67. The van der Waals surface area contributed by atoms with E-state index in [0.717, 1.165) is 22.3 Å². The van der Waals surface area contributed by atoms with E-state index < -0.39 is 17.7 Å². The van der Waals surface area contributed by atoms with Crippen molar-refractivity contribution in [2.75, 3.05) is 16.1 Å². The summed E-state index contributed by atoms with van der Waals surface area (Å²) in [6.07, 6.45) is 0. The monoisotopic (exact) mass is 488 g/mol. The minimum Gasteiger partial charge on any atom is -0.320 e. The molecule has 0 aliphatic rings. The molecule has 3 N–H and O–H groups in total. The Morgan fingerprint density at radius 3 is 1.83 bits per heavy atom. The van der Waals surface area contributed by atoms with Crippen LogP contribution in [0.25, 0.3) is 10.9 Å². The Bertz CT molecular complexity index is 1450. The van der Waals surface area contributed by atoms with Gasteiger partial charge in [0.2, 0.25) is 0 Å². The van der Waals surface area contributed by atoms with E-state index in [-0.39, 0.29) is 5.69 Å². The van der Waals surface area contributed by atoms with Gasteiger partial charge in [0, 0.05) is 21.8 Å². The van der Waals surface area contributed by atoms with E-state index in [1.165, 1.54) is 4.68 Å². The number of rotatable bonds is 4. The van der Waals surface area contributed by atoms with E-state index in [4.69, 9.17) is 11.6 Å². The molecule has 0 bridgehead atoms. The van der Waals surface area contributed by atoms with Gasteiger partial charge >= 0.3 is 11.8 Å². The van der Waals surface area contributed by atoms with Crippen LogP contribution in [0.1, 0.15) is 32.7 Å². The largest absolute Gasteiger partial charge is 0.328 e. The van der Waals surface area contributed by atoms with Crippen LogP contribution < -0.4 is 16.1 Å². The number of benzene rings is 3. The fourth-order valence-electron chi connectivity index (χ4n) is 4.00. The molecule has 0 saturated carbocycles. The zero-order valence-electron chi connectivity index (χ0n) is 19.8. The number of carbonyl (C=O) groups excluding carboxylic acids is 3. The van der Waals surface area contributed by atoms with Crippen LogP contribution in [-0.4, -0.2) is 22.4 Å². The van der Waals surface area contributed by atoms with Crippen molar-refractivity contribution in [2.45, 2.75) is 27.7 Å². The first-order valence-corrected chi connectivity index (χ1v) is 11.4. The second-order valence-electron chi connectivity index (χ2n) is 8.45. The number of aromatic nitrogens is 1. The Labute approximate surface area is 208 Å². The van der Waals surface area contributed by atoms with Crippen molar-refractivity contribution in [3.63, 3.8) is 0 Å². The first kappa shape index (κ1) is 24.0. The molecular formula is C27H25ClN4O3. The van der Waals surface area contributed by atoms with Gasteiger partial charge in [0.15, 0.2) is 0 Å². The molecule has 0 radical (unpaired) electrons. The molecule has 7 nitrogen and oxygen atoms in total. The summed E-state index contributed by atoms with van der Waals surface area (Å²) in [4.78, 5) is 38.9. The van der Waals surface area contributed by atoms with Gasteiger partial charge in [-0.15, -0.1) is 0 Å². The molecule has 0 saturated heterocycles. The normalized spacial score (nSPS) is 10.8. The van der Waals surface area contributed by atoms with Gasteiger partial charge in [-0.2, -0.15) is 0 Å². The maximum atomic E-state index is 13.3. The van der Waals surface area contributed by atoms with Gasteiger partial charge in [-0.05, 0) is 74.2 Å². The molecule has 4 aromatic rings. The molecule has 1 heterocycles. The molecule has 0 unspecified atom stereocenters. The third-order valence-corrected chi connectivity index (χ3v) is 6.09. The molecule has 178 valence electrons. The van der Waals surface area contributed by atoms with Crippen LogP contribution in [0.4, 0.5) is 11.4 Å². The first-order chi connectivity index (χ1) is 16.7. The summed E-state index contributed by atoms with van der Waals surface area (Å²) in [6.45, 7) is 7.49. The van der Waals surface area contributed by atoms with Crippen LogP contribution in [0, 0.1) is 27.7 Å². The molecule has 8 heteroatoms. The molecule has 0 spiro atoms. The number of anilines is 2. The molecule has 1 aromatic heterocycles. The fraction of sp³-hybridized carbons (Fsp3) is 0.148. The number of aryl methyl sites for hydroxylation is 4. The summed E-state index contributed by atoms with van der Waals surface area (Å²) in [7, 11) is 0. The van der Waals surface area contributed by atoms with Gasteiger partial charge in [-0.3, -0.25) is 19.8 Å². The Morgan fingerprint density at radius 2 is 1.26 bits per heavy atom. The minimum atomic E-state index is -0.916. The second-order valence-corrected chi connectivity index (χ2v) is 8.89. The SMILES string of the molecule is Cc1cccc(C)c1NC(=O)C(=O)Nn1c(C(=O)Nc2c(C)cccc2C)cc2cc(Cl)ccc21. The highest BCUT2D eigenvalue weighted by molar-refractivity contribution is 6.42. The van der Waals surface area contributed by atoms with Crippen LogP contribution in [0.5, 0.6) is 0 Å².